The summed E-state index contributed by atoms with van der Waals surface area (Å²) in [4.78, 5) is 13.9. The molecular weight excluding hydrogens is 299 g/mol. The molecule has 110 valence electrons. The zero-order valence-electron chi connectivity index (χ0n) is 11.3. The number of likely N-dealkylation sites (tertiary alicyclic amines) is 1. The standard InChI is InChI=1S/C14H18Cl2N2O2/c1-9-5-6-18(7-12(9)19)8-13(20)17-11-4-2-3-10(15)14(11)16/h2-4,9,12,19H,5-8H2,1H3,(H,17,20). The first-order chi connectivity index (χ1) is 9.47. The molecule has 1 heterocycles. The maximum Gasteiger partial charge on any atom is 0.238 e. The lowest BCUT2D eigenvalue weighted by Crippen LogP contribution is -2.45. The number of carbonyl (C=O) groups is 1. The number of nitrogens with zero attached hydrogens (tertiary/aromatic N) is 1. The fourth-order valence-electron chi connectivity index (χ4n) is 2.25. The van der Waals surface area contributed by atoms with Crippen LogP contribution in [0.2, 0.25) is 10.0 Å². The second kappa shape index (κ2) is 6.76. The van der Waals surface area contributed by atoms with E-state index in [1.54, 1.807) is 18.2 Å². The van der Waals surface area contributed by atoms with Crippen LogP contribution in [0.1, 0.15) is 13.3 Å². The van der Waals surface area contributed by atoms with Gasteiger partial charge in [-0.15, -0.1) is 0 Å². The van der Waals surface area contributed by atoms with Gasteiger partial charge in [-0.3, -0.25) is 9.69 Å². The third-order valence-electron chi connectivity index (χ3n) is 3.60. The molecule has 1 amide bonds. The zero-order valence-corrected chi connectivity index (χ0v) is 12.8. The minimum absolute atomic E-state index is 0.157. The minimum atomic E-state index is -0.369. The van der Waals surface area contributed by atoms with Crippen molar-refractivity contribution in [2.75, 3.05) is 25.0 Å². The molecule has 1 fully saturated rings. The lowest BCUT2D eigenvalue weighted by Gasteiger charge is -2.33. The largest absolute Gasteiger partial charge is 0.392 e. The van der Waals surface area contributed by atoms with E-state index >= 15 is 0 Å². The summed E-state index contributed by atoms with van der Waals surface area (Å²) in [7, 11) is 0. The van der Waals surface area contributed by atoms with Crippen LogP contribution in [0.15, 0.2) is 18.2 Å². The van der Waals surface area contributed by atoms with E-state index in [2.05, 4.69) is 5.32 Å². The van der Waals surface area contributed by atoms with Gasteiger partial charge in [-0.05, 0) is 31.0 Å². The predicted molar refractivity (Wildman–Crippen MR) is 81.3 cm³/mol. The van der Waals surface area contributed by atoms with Gasteiger partial charge in [0.05, 0.1) is 28.4 Å². The number of amides is 1. The van der Waals surface area contributed by atoms with Gasteiger partial charge in [-0.2, -0.15) is 0 Å². The number of β-amino-alcohol motifs (C(OH)–C–C–N with tert-alkyl or cyclic N) is 1. The summed E-state index contributed by atoms with van der Waals surface area (Å²) in [5.74, 6) is 0.132. The molecule has 2 rings (SSSR count). The molecule has 1 aliphatic heterocycles. The highest BCUT2D eigenvalue weighted by Crippen LogP contribution is 2.29. The highest BCUT2D eigenvalue weighted by atomic mass is 35.5. The number of anilines is 1. The number of carbonyl (C=O) groups excluding carboxylic acids is 1. The number of benzene rings is 1. The molecule has 0 bridgehead atoms. The topological polar surface area (TPSA) is 52.6 Å². The maximum absolute atomic E-state index is 12.0. The molecule has 4 nitrogen and oxygen atoms in total. The van der Waals surface area contributed by atoms with Crippen molar-refractivity contribution in [3.8, 4) is 0 Å². The highest BCUT2D eigenvalue weighted by Gasteiger charge is 2.25. The Morgan fingerprint density at radius 2 is 2.25 bits per heavy atom. The minimum Gasteiger partial charge on any atom is -0.392 e. The second-order valence-corrected chi connectivity index (χ2v) is 6.00. The van der Waals surface area contributed by atoms with Gasteiger partial charge in [0.15, 0.2) is 0 Å². The van der Waals surface area contributed by atoms with Crippen LogP contribution < -0.4 is 5.32 Å². The highest BCUT2D eigenvalue weighted by molar-refractivity contribution is 6.43. The molecule has 0 aromatic heterocycles. The number of hydrogen-bond acceptors (Lipinski definition) is 3. The average Bonchev–Trinajstić information content (AvgIpc) is 2.39. The van der Waals surface area contributed by atoms with Crippen molar-refractivity contribution in [1.29, 1.82) is 0 Å². The van der Waals surface area contributed by atoms with Crippen molar-refractivity contribution < 1.29 is 9.90 Å². The van der Waals surface area contributed by atoms with Gasteiger partial charge in [0.25, 0.3) is 0 Å². The van der Waals surface area contributed by atoms with E-state index < -0.39 is 0 Å². The number of halogens is 2. The summed E-state index contributed by atoms with van der Waals surface area (Å²) >= 11 is 11.9. The van der Waals surface area contributed by atoms with E-state index in [0.717, 1.165) is 13.0 Å². The molecule has 2 N–H and O–H groups in total. The van der Waals surface area contributed by atoms with Gasteiger partial charge in [-0.25, -0.2) is 0 Å². The van der Waals surface area contributed by atoms with Gasteiger partial charge in [0, 0.05) is 6.54 Å². The molecule has 20 heavy (non-hydrogen) atoms. The molecule has 0 saturated carbocycles. The lowest BCUT2D eigenvalue weighted by atomic mass is 9.96. The fourth-order valence-corrected chi connectivity index (χ4v) is 2.60. The van der Waals surface area contributed by atoms with Gasteiger partial charge in [-0.1, -0.05) is 36.2 Å². The maximum atomic E-state index is 12.0. The Balaban J connectivity index is 1.91. The number of aliphatic hydroxyl groups is 1. The Bertz CT molecular complexity index is 496. The Morgan fingerprint density at radius 3 is 2.95 bits per heavy atom. The molecule has 2 unspecified atom stereocenters. The van der Waals surface area contributed by atoms with E-state index in [1.807, 2.05) is 11.8 Å². The van der Waals surface area contributed by atoms with Crippen molar-refractivity contribution in [3.63, 3.8) is 0 Å². The van der Waals surface area contributed by atoms with Gasteiger partial charge in [0.1, 0.15) is 0 Å². The Hall–Kier alpha value is -0.810. The lowest BCUT2D eigenvalue weighted by molar-refractivity contribution is -0.118. The van der Waals surface area contributed by atoms with Gasteiger partial charge < -0.3 is 10.4 Å². The van der Waals surface area contributed by atoms with Crippen LogP contribution in [-0.2, 0) is 4.79 Å². The smallest absolute Gasteiger partial charge is 0.238 e. The fraction of sp³-hybridized carbons (Fsp3) is 0.500. The van der Waals surface area contributed by atoms with Crippen LogP contribution in [0.25, 0.3) is 0 Å². The second-order valence-electron chi connectivity index (χ2n) is 5.22. The van der Waals surface area contributed by atoms with Crippen LogP contribution >= 0.6 is 23.2 Å². The van der Waals surface area contributed by atoms with Crippen LogP contribution in [0.3, 0.4) is 0 Å². The monoisotopic (exact) mass is 316 g/mol. The summed E-state index contributed by atoms with van der Waals surface area (Å²) in [6.07, 6.45) is 0.526. The first-order valence-electron chi connectivity index (χ1n) is 6.61. The summed E-state index contributed by atoms with van der Waals surface area (Å²) < 4.78 is 0. The van der Waals surface area contributed by atoms with Crippen LogP contribution in [0.4, 0.5) is 5.69 Å². The number of nitrogens with one attached hydrogen (secondary N) is 1. The third-order valence-corrected chi connectivity index (χ3v) is 4.41. The summed E-state index contributed by atoms with van der Waals surface area (Å²) in [5, 5.41) is 13.3. The molecular formula is C14H18Cl2N2O2. The van der Waals surface area contributed by atoms with E-state index in [9.17, 15) is 9.90 Å². The Labute approximate surface area is 128 Å². The van der Waals surface area contributed by atoms with Crippen molar-refractivity contribution >= 4 is 34.8 Å². The van der Waals surface area contributed by atoms with E-state index in [1.165, 1.54) is 0 Å². The van der Waals surface area contributed by atoms with Crippen molar-refractivity contribution in [2.45, 2.75) is 19.4 Å². The van der Waals surface area contributed by atoms with Crippen LogP contribution in [0, 0.1) is 5.92 Å². The van der Waals surface area contributed by atoms with E-state index in [0.29, 0.717) is 22.3 Å². The van der Waals surface area contributed by atoms with Crippen molar-refractivity contribution in [2.24, 2.45) is 5.92 Å². The third kappa shape index (κ3) is 3.85. The summed E-state index contributed by atoms with van der Waals surface area (Å²) in [6.45, 7) is 3.60. The Morgan fingerprint density at radius 1 is 1.50 bits per heavy atom. The van der Waals surface area contributed by atoms with Gasteiger partial charge in [0.2, 0.25) is 5.91 Å². The van der Waals surface area contributed by atoms with E-state index in [4.69, 9.17) is 23.2 Å². The van der Waals surface area contributed by atoms with Gasteiger partial charge >= 0.3 is 0 Å². The quantitative estimate of drug-likeness (QED) is 0.901. The molecule has 6 heteroatoms. The van der Waals surface area contributed by atoms with Crippen molar-refractivity contribution in [3.05, 3.63) is 28.2 Å². The summed E-state index contributed by atoms with van der Waals surface area (Å²) in [6, 6.07) is 5.11. The molecule has 0 radical (unpaired) electrons. The number of hydrogen-bond donors (Lipinski definition) is 2. The molecule has 0 aliphatic carbocycles. The molecule has 0 spiro atoms. The first-order valence-corrected chi connectivity index (χ1v) is 7.37. The molecule has 1 aromatic carbocycles. The summed E-state index contributed by atoms with van der Waals surface area (Å²) in [5.41, 5.74) is 0.509. The zero-order chi connectivity index (χ0) is 14.7. The predicted octanol–water partition coefficient (Wildman–Crippen LogP) is 2.63. The number of aliphatic hydroxyl groups excluding tert-OH is 1. The molecule has 1 aromatic rings. The van der Waals surface area contributed by atoms with E-state index in [-0.39, 0.29) is 24.5 Å². The normalized spacial score (nSPS) is 23.6. The molecule has 1 saturated heterocycles. The number of piperidine rings is 1. The Kier molecular flexibility index (Phi) is 5.27. The first kappa shape index (κ1) is 15.6. The molecule has 2 atom stereocenters. The van der Waals surface area contributed by atoms with Crippen LogP contribution in [-0.4, -0.2) is 41.7 Å². The number of rotatable bonds is 3. The molecule has 1 aliphatic rings. The SMILES string of the molecule is CC1CCN(CC(=O)Nc2cccc(Cl)c2Cl)CC1O. The van der Waals surface area contributed by atoms with Crippen LogP contribution in [0.5, 0.6) is 0 Å². The average molecular weight is 317 g/mol. The van der Waals surface area contributed by atoms with Crippen molar-refractivity contribution in [1.82, 2.24) is 4.90 Å².